The van der Waals surface area contributed by atoms with Gasteiger partial charge in [-0.1, -0.05) is 17.8 Å². The van der Waals surface area contributed by atoms with Crippen molar-refractivity contribution in [1.29, 1.82) is 0 Å². The lowest BCUT2D eigenvalue weighted by atomic mass is 10.3. The maximum Gasteiger partial charge on any atom is 0.191 e. The molecule has 3 aromatic rings. The minimum Gasteiger partial charge on any atom is -0.383 e. The minimum absolute atomic E-state index is 0.380. The zero-order valence-corrected chi connectivity index (χ0v) is 11.8. The van der Waals surface area contributed by atoms with Crippen molar-refractivity contribution < 1.29 is 0 Å². The molecule has 20 heavy (non-hydrogen) atoms. The number of aryl methyl sites for hydroxylation is 1. The predicted octanol–water partition coefficient (Wildman–Crippen LogP) is 1.89. The van der Waals surface area contributed by atoms with Crippen LogP contribution in [0.3, 0.4) is 0 Å². The number of rotatable bonds is 3. The number of aromatic nitrogens is 4. The van der Waals surface area contributed by atoms with Gasteiger partial charge in [0, 0.05) is 24.2 Å². The third-order valence-electron chi connectivity index (χ3n) is 2.74. The molecule has 0 amide bonds. The van der Waals surface area contributed by atoms with Crippen molar-refractivity contribution in [3.8, 4) is 0 Å². The lowest BCUT2D eigenvalue weighted by Crippen LogP contribution is -1.99. The topological polar surface area (TPSA) is 95.1 Å². The highest BCUT2D eigenvalue weighted by atomic mass is 32.2. The van der Waals surface area contributed by atoms with E-state index in [0.29, 0.717) is 22.5 Å². The summed E-state index contributed by atoms with van der Waals surface area (Å²) in [6, 6.07) is 5.58. The summed E-state index contributed by atoms with van der Waals surface area (Å²) < 4.78 is 2.01. The van der Waals surface area contributed by atoms with Gasteiger partial charge in [0.25, 0.3) is 0 Å². The molecular formula is C13H14N6S. The molecule has 0 aliphatic heterocycles. The molecule has 0 radical (unpaired) electrons. The first-order valence-corrected chi connectivity index (χ1v) is 7.06. The highest BCUT2D eigenvalue weighted by molar-refractivity contribution is 7.98. The molecule has 0 aliphatic carbocycles. The Morgan fingerprint density at radius 2 is 1.85 bits per heavy atom. The van der Waals surface area contributed by atoms with Crippen molar-refractivity contribution in [1.82, 2.24) is 19.4 Å². The Balaban J connectivity index is 1.79. The van der Waals surface area contributed by atoms with Crippen LogP contribution in [0.2, 0.25) is 0 Å². The molecule has 0 aromatic carbocycles. The van der Waals surface area contributed by atoms with Crippen LogP contribution >= 0.6 is 11.8 Å². The second kappa shape index (κ2) is 5.01. The van der Waals surface area contributed by atoms with Crippen molar-refractivity contribution >= 4 is 29.0 Å². The van der Waals surface area contributed by atoms with Crippen molar-refractivity contribution in [3.05, 3.63) is 41.9 Å². The summed E-state index contributed by atoms with van der Waals surface area (Å²) in [4.78, 5) is 12.8. The van der Waals surface area contributed by atoms with Gasteiger partial charge in [0.2, 0.25) is 0 Å². The highest BCUT2D eigenvalue weighted by Gasteiger charge is 2.05. The summed E-state index contributed by atoms with van der Waals surface area (Å²) in [5.41, 5.74) is 14.4. The molecule has 102 valence electrons. The van der Waals surface area contributed by atoms with E-state index in [2.05, 4.69) is 21.9 Å². The Morgan fingerprint density at radius 3 is 2.60 bits per heavy atom. The average Bonchev–Trinajstić information content (AvgIpc) is 2.77. The van der Waals surface area contributed by atoms with Crippen molar-refractivity contribution in [2.24, 2.45) is 0 Å². The van der Waals surface area contributed by atoms with Gasteiger partial charge in [-0.3, -0.25) is 0 Å². The van der Waals surface area contributed by atoms with E-state index < -0.39 is 0 Å². The molecule has 0 atom stereocenters. The summed E-state index contributed by atoms with van der Waals surface area (Å²) >= 11 is 1.46. The van der Waals surface area contributed by atoms with Crippen molar-refractivity contribution in [3.63, 3.8) is 0 Å². The number of nitrogen functional groups attached to an aromatic ring is 2. The SMILES string of the molecule is Cc1ccc2nc(CSc3nc(N)cc(N)n3)cn2c1. The Hall–Kier alpha value is -2.28. The maximum absolute atomic E-state index is 5.64. The van der Waals surface area contributed by atoms with Gasteiger partial charge in [-0.25, -0.2) is 15.0 Å². The molecular weight excluding hydrogens is 272 g/mol. The molecule has 0 aliphatic rings. The van der Waals surface area contributed by atoms with Gasteiger partial charge < -0.3 is 15.9 Å². The molecule has 3 aromatic heterocycles. The molecule has 7 heteroatoms. The van der Waals surface area contributed by atoms with Crippen LogP contribution < -0.4 is 11.5 Å². The van der Waals surface area contributed by atoms with Crippen molar-refractivity contribution in [2.45, 2.75) is 17.8 Å². The second-order valence-corrected chi connectivity index (χ2v) is 5.44. The standard InChI is InChI=1S/C13H14N6S/c1-8-2-3-12-16-9(6-19(12)5-8)7-20-13-17-10(14)4-11(15)18-13/h2-6H,7H2,1H3,(H4,14,15,17,18). The third kappa shape index (κ3) is 2.67. The van der Waals surface area contributed by atoms with E-state index in [9.17, 15) is 0 Å². The molecule has 0 bridgehead atoms. The van der Waals surface area contributed by atoms with Gasteiger partial charge in [-0.05, 0) is 18.6 Å². The molecule has 3 rings (SSSR count). The number of thioether (sulfide) groups is 1. The van der Waals surface area contributed by atoms with Crippen molar-refractivity contribution in [2.75, 3.05) is 11.5 Å². The van der Waals surface area contributed by atoms with E-state index in [-0.39, 0.29) is 0 Å². The van der Waals surface area contributed by atoms with Crippen LogP contribution in [0, 0.1) is 6.92 Å². The second-order valence-electron chi connectivity index (χ2n) is 4.49. The van der Waals surface area contributed by atoms with Gasteiger partial charge in [-0.15, -0.1) is 0 Å². The summed E-state index contributed by atoms with van der Waals surface area (Å²) in [6.45, 7) is 2.05. The number of imidazole rings is 1. The van der Waals surface area contributed by atoms with Gasteiger partial charge in [0.1, 0.15) is 17.3 Å². The van der Waals surface area contributed by atoms with Gasteiger partial charge in [0.15, 0.2) is 5.16 Å². The van der Waals surface area contributed by atoms with Crippen LogP contribution in [0.15, 0.2) is 35.7 Å². The molecule has 6 nitrogen and oxygen atoms in total. The fourth-order valence-electron chi connectivity index (χ4n) is 1.89. The van der Waals surface area contributed by atoms with E-state index in [1.165, 1.54) is 23.4 Å². The lowest BCUT2D eigenvalue weighted by Gasteiger charge is -2.00. The monoisotopic (exact) mass is 286 g/mol. The minimum atomic E-state index is 0.380. The molecule has 0 saturated heterocycles. The maximum atomic E-state index is 5.64. The molecule has 0 spiro atoms. The number of anilines is 2. The number of nitrogens with zero attached hydrogens (tertiary/aromatic N) is 4. The van der Waals surface area contributed by atoms with Crippen LogP contribution in [0.25, 0.3) is 5.65 Å². The first-order chi connectivity index (χ1) is 9.60. The van der Waals surface area contributed by atoms with Gasteiger partial charge >= 0.3 is 0 Å². The average molecular weight is 286 g/mol. The highest BCUT2D eigenvalue weighted by Crippen LogP contribution is 2.21. The van der Waals surface area contributed by atoms with E-state index in [0.717, 1.165) is 11.3 Å². The fourth-order valence-corrected chi connectivity index (χ4v) is 2.65. The summed E-state index contributed by atoms with van der Waals surface area (Å²) in [7, 11) is 0. The van der Waals surface area contributed by atoms with Gasteiger partial charge in [0.05, 0.1) is 5.69 Å². The number of hydrogen-bond donors (Lipinski definition) is 2. The number of hydrogen-bond acceptors (Lipinski definition) is 6. The zero-order chi connectivity index (χ0) is 14.1. The van der Waals surface area contributed by atoms with Crippen LogP contribution in [-0.4, -0.2) is 19.4 Å². The zero-order valence-electron chi connectivity index (χ0n) is 10.9. The Bertz CT molecular complexity index is 746. The predicted molar refractivity (Wildman–Crippen MR) is 80.3 cm³/mol. The van der Waals surface area contributed by atoms with Gasteiger partial charge in [-0.2, -0.15) is 0 Å². The van der Waals surface area contributed by atoms with E-state index >= 15 is 0 Å². The Morgan fingerprint density at radius 1 is 1.10 bits per heavy atom. The first kappa shape index (κ1) is 12.7. The lowest BCUT2D eigenvalue weighted by molar-refractivity contribution is 0.982. The number of nitrogens with two attached hydrogens (primary N) is 2. The molecule has 3 heterocycles. The van der Waals surface area contributed by atoms with E-state index in [1.54, 1.807) is 0 Å². The normalized spacial score (nSPS) is 11.1. The number of fused-ring (bicyclic) bond motifs is 1. The summed E-state index contributed by atoms with van der Waals surface area (Å²) in [6.07, 6.45) is 4.05. The Labute approximate surface area is 120 Å². The Kier molecular flexibility index (Phi) is 3.19. The van der Waals surface area contributed by atoms with Crippen LogP contribution in [0.5, 0.6) is 0 Å². The van der Waals surface area contributed by atoms with Crippen LogP contribution in [-0.2, 0) is 5.75 Å². The summed E-state index contributed by atoms with van der Waals surface area (Å²) in [5.74, 6) is 1.43. The van der Waals surface area contributed by atoms with Crippen LogP contribution in [0.4, 0.5) is 11.6 Å². The molecule has 4 N–H and O–H groups in total. The van der Waals surface area contributed by atoms with E-state index in [4.69, 9.17) is 11.5 Å². The third-order valence-corrected chi connectivity index (χ3v) is 3.62. The molecule has 0 unspecified atom stereocenters. The smallest absolute Gasteiger partial charge is 0.191 e. The quantitative estimate of drug-likeness (QED) is 0.564. The molecule has 0 saturated carbocycles. The molecule has 0 fully saturated rings. The van der Waals surface area contributed by atoms with Crippen LogP contribution in [0.1, 0.15) is 11.3 Å². The first-order valence-electron chi connectivity index (χ1n) is 6.07. The van der Waals surface area contributed by atoms with E-state index in [1.807, 2.05) is 28.9 Å². The summed E-state index contributed by atoms with van der Waals surface area (Å²) in [5, 5.41) is 0.565. The largest absolute Gasteiger partial charge is 0.383 e. The number of pyridine rings is 1. The fraction of sp³-hybridized carbons (Fsp3) is 0.154.